The highest BCUT2D eigenvalue weighted by molar-refractivity contribution is 6.85. The summed E-state index contributed by atoms with van der Waals surface area (Å²) in [4.78, 5) is 7.37. The molecule has 5 heteroatoms. The average Bonchev–Trinajstić information content (AvgIpc) is 3.54. The van der Waals surface area contributed by atoms with E-state index in [0.717, 1.165) is 17.4 Å². The number of rotatable bonds is 3. The number of imidazole rings is 1. The molecule has 0 fully saturated rings. The highest BCUT2D eigenvalue weighted by atomic mass is 15.5. The Morgan fingerprint density at radius 3 is 2.00 bits per heavy atom. The van der Waals surface area contributed by atoms with E-state index in [9.17, 15) is 0 Å². The van der Waals surface area contributed by atoms with Gasteiger partial charge in [0.05, 0.1) is 23.8 Å². The normalized spacial score (nSPS) is 17.0. The third-order valence-electron chi connectivity index (χ3n) is 10.5. The number of quaternary nitrogens is 1. The van der Waals surface area contributed by atoms with Crippen molar-refractivity contribution in [3.05, 3.63) is 136 Å². The average molecular weight is 601 g/mol. The molecule has 5 aromatic carbocycles. The molecule has 0 radical (unpaired) electrons. The van der Waals surface area contributed by atoms with Crippen molar-refractivity contribution in [2.75, 3.05) is 11.9 Å². The van der Waals surface area contributed by atoms with E-state index in [4.69, 9.17) is 4.98 Å². The van der Waals surface area contributed by atoms with Crippen LogP contribution in [0, 0.1) is 48.5 Å². The highest BCUT2D eigenvalue weighted by Crippen LogP contribution is 2.53. The van der Waals surface area contributed by atoms with Gasteiger partial charge in [-0.1, -0.05) is 76.3 Å². The van der Waals surface area contributed by atoms with Crippen molar-refractivity contribution in [2.45, 2.75) is 54.8 Å². The van der Waals surface area contributed by atoms with Crippen LogP contribution in [-0.4, -0.2) is 28.7 Å². The molecule has 228 valence electrons. The fraction of sp³-hybridized carbons (Fsp3) is 0.220. The van der Waals surface area contributed by atoms with Crippen LogP contribution in [0.4, 0.5) is 22.7 Å². The Morgan fingerprint density at radius 1 is 0.652 bits per heavy atom. The van der Waals surface area contributed by atoms with E-state index < -0.39 is 0 Å². The van der Waals surface area contributed by atoms with Gasteiger partial charge in [0.1, 0.15) is 17.7 Å². The molecule has 0 saturated heterocycles. The Labute approximate surface area is 272 Å². The standard InChI is InChI=1S/C41H41BN4/c1-25-17-28(4)39(29(5)18-25)42-23-32-22-36(44-24-43-33-13-9-10-14-34(33)44)27(3)21-37(32)45-35-15-11-12-16-38(35)46(8,41(42)45)40-30(6)19-26(2)20-31(40)7/h9-22,24H,23H2,1-8H3. The van der Waals surface area contributed by atoms with Gasteiger partial charge in [-0.3, -0.25) is 9.05 Å². The zero-order valence-corrected chi connectivity index (χ0v) is 28.2. The van der Waals surface area contributed by atoms with Crippen LogP contribution in [0.15, 0.2) is 91.3 Å². The lowest BCUT2D eigenvalue weighted by atomic mass is 9.48. The molecular formula is C41H41BN4. The maximum absolute atomic E-state index is 4.75. The molecule has 0 saturated carbocycles. The van der Waals surface area contributed by atoms with Crippen molar-refractivity contribution in [3.8, 4) is 5.69 Å². The molecule has 8 rings (SSSR count). The lowest BCUT2D eigenvalue weighted by Crippen LogP contribution is -2.58. The molecule has 0 N–H and O–H groups in total. The van der Waals surface area contributed by atoms with Crippen LogP contribution in [-0.2, 0) is 6.32 Å². The summed E-state index contributed by atoms with van der Waals surface area (Å²) >= 11 is 0. The third kappa shape index (κ3) is 3.97. The van der Waals surface area contributed by atoms with E-state index in [1.807, 2.05) is 6.33 Å². The molecule has 1 atom stereocenters. The molecule has 2 aliphatic heterocycles. The second-order valence-electron chi connectivity index (χ2n) is 13.9. The first-order valence-corrected chi connectivity index (χ1v) is 16.4. The molecule has 0 amide bonds. The summed E-state index contributed by atoms with van der Waals surface area (Å²) in [5.41, 5.74) is 22.1. The Bertz CT molecular complexity index is 2240. The fourth-order valence-corrected chi connectivity index (χ4v) is 9.10. The Morgan fingerprint density at radius 2 is 1.28 bits per heavy atom. The summed E-state index contributed by atoms with van der Waals surface area (Å²) < 4.78 is 2.93. The van der Waals surface area contributed by atoms with E-state index in [2.05, 4.69) is 150 Å². The van der Waals surface area contributed by atoms with E-state index in [-0.39, 0.29) is 6.35 Å². The molecular weight excluding hydrogens is 559 g/mol. The summed E-state index contributed by atoms with van der Waals surface area (Å²) in [7, 11) is 2.44. The summed E-state index contributed by atoms with van der Waals surface area (Å²) in [5.74, 6) is 0. The summed E-state index contributed by atoms with van der Waals surface area (Å²) in [6.45, 7) is 15.9. The predicted octanol–water partition coefficient (Wildman–Crippen LogP) is 8.77. The maximum atomic E-state index is 4.75. The molecule has 2 aliphatic rings. The minimum Gasteiger partial charge on any atom is -0.301 e. The molecule has 0 spiro atoms. The zero-order chi connectivity index (χ0) is 32.1. The van der Waals surface area contributed by atoms with Crippen molar-refractivity contribution < 1.29 is 0 Å². The van der Waals surface area contributed by atoms with Gasteiger partial charge in [-0.25, -0.2) is 10.4 Å². The highest BCUT2D eigenvalue weighted by Gasteiger charge is 2.47. The topological polar surface area (TPSA) is 21.1 Å². The number of nitrogens with zero attached hydrogens (tertiary/aromatic N) is 4. The Hall–Kier alpha value is -4.74. The Balaban J connectivity index is 1.48. The summed E-state index contributed by atoms with van der Waals surface area (Å²) in [6, 6.07) is 31.8. The monoisotopic (exact) mass is 600 g/mol. The number of hydrogen-bond acceptors (Lipinski definition) is 2. The molecule has 6 aromatic rings. The van der Waals surface area contributed by atoms with Crippen LogP contribution in [0.2, 0.25) is 0 Å². The van der Waals surface area contributed by atoms with Crippen LogP contribution in [0.5, 0.6) is 0 Å². The smallest absolute Gasteiger partial charge is 0.165 e. The molecule has 1 unspecified atom stereocenters. The van der Waals surface area contributed by atoms with Gasteiger partial charge in [0.25, 0.3) is 0 Å². The molecule has 46 heavy (non-hydrogen) atoms. The van der Waals surface area contributed by atoms with Gasteiger partial charge in [-0.15, -0.1) is 0 Å². The van der Waals surface area contributed by atoms with Crippen molar-refractivity contribution in [1.29, 1.82) is 0 Å². The van der Waals surface area contributed by atoms with Crippen LogP contribution < -0.4 is 14.8 Å². The number of fused-ring (bicyclic) bond motifs is 6. The lowest BCUT2D eigenvalue weighted by Gasteiger charge is -2.45. The Kier molecular flexibility index (Phi) is 6.33. The van der Waals surface area contributed by atoms with Gasteiger partial charge in [0.2, 0.25) is 0 Å². The largest absolute Gasteiger partial charge is 0.301 e. The van der Waals surface area contributed by atoms with Crippen molar-refractivity contribution in [2.24, 2.45) is 0 Å². The maximum Gasteiger partial charge on any atom is 0.165 e. The van der Waals surface area contributed by atoms with Gasteiger partial charge < -0.3 is 4.90 Å². The minimum absolute atomic E-state index is 0.181. The molecule has 3 heterocycles. The van der Waals surface area contributed by atoms with E-state index in [1.54, 1.807) is 0 Å². The fourth-order valence-electron chi connectivity index (χ4n) is 9.10. The van der Waals surface area contributed by atoms with Crippen LogP contribution in [0.1, 0.15) is 44.5 Å². The number of para-hydroxylation sites is 4. The zero-order valence-electron chi connectivity index (χ0n) is 28.2. The van der Waals surface area contributed by atoms with E-state index in [1.165, 1.54) is 84.1 Å². The summed E-state index contributed by atoms with van der Waals surface area (Å²) in [5, 5.41) is 0. The van der Waals surface area contributed by atoms with Gasteiger partial charge >= 0.3 is 0 Å². The number of benzene rings is 5. The second kappa shape index (κ2) is 10.1. The number of aryl methyl sites for hydroxylation is 7. The SMILES string of the molecule is Cc1cc(C)c([B-]2=C3N(c4cc(C)c(-n5cnc6ccccc65)cc4C2)c2ccccc2[N+]3(C)c2c(C)cc(C)cc2C)c(C)c1. The first-order valence-electron chi connectivity index (χ1n) is 16.4. The molecule has 0 aliphatic carbocycles. The number of anilines is 2. The quantitative estimate of drug-likeness (QED) is 0.150. The van der Waals surface area contributed by atoms with Crippen molar-refractivity contribution in [3.63, 3.8) is 0 Å². The van der Waals surface area contributed by atoms with Crippen LogP contribution in [0.3, 0.4) is 0 Å². The van der Waals surface area contributed by atoms with Gasteiger partial charge in [-0.05, 0) is 96.4 Å². The molecule has 0 bridgehead atoms. The van der Waals surface area contributed by atoms with E-state index in [0.29, 0.717) is 4.48 Å². The third-order valence-corrected chi connectivity index (χ3v) is 10.5. The molecule has 4 nitrogen and oxygen atoms in total. The van der Waals surface area contributed by atoms with E-state index >= 15 is 0 Å². The van der Waals surface area contributed by atoms with Crippen molar-refractivity contribution in [1.82, 2.24) is 14.0 Å². The van der Waals surface area contributed by atoms with Gasteiger partial charge in [0.15, 0.2) is 5.69 Å². The lowest BCUT2D eigenvalue weighted by molar-refractivity contribution is 0.680. The number of aromatic nitrogens is 2. The van der Waals surface area contributed by atoms with Gasteiger partial charge in [0, 0.05) is 22.9 Å². The molecule has 1 aromatic heterocycles. The number of hydrogen-bond donors (Lipinski definition) is 0. The second-order valence-corrected chi connectivity index (χ2v) is 13.9. The summed E-state index contributed by atoms with van der Waals surface area (Å²) in [6.07, 6.45) is 3.09. The predicted molar refractivity (Wildman–Crippen MR) is 197 cm³/mol. The van der Waals surface area contributed by atoms with Crippen LogP contribution >= 0.6 is 0 Å². The van der Waals surface area contributed by atoms with Crippen LogP contribution in [0.25, 0.3) is 16.7 Å². The minimum atomic E-state index is 0.181. The van der Waals surface area contributed by atoms with Gasteiger partial charge in [-0.2, -0.15) is 6.32 Å². The first kappa shape index (κ1) is 28.7. The van der Waals surface area contributed by atoms with Crippen molar-refractivity contribution >= 4 is 51.3 Å². The first-order chi connectivity index (χ1) is 22.1.